The Balaban J connectivity index is 1.25. The van der Waals surface area contributed by atoms with Crippen molar-refractivity contribution in [1.29, 1.82) is 0 Å². The molecule has 0 spiro atoms. The van der Waals surface area contributed by atoms with Crippen LogP contribution in [0.3, 0.4) is 0 Å². The van der Waals surface area contributed by atoms with E-state index in [9.17, 15) is 19.2 Å². The van der Waals surface area contributed by atoms with Crippen LogP contribution in [0.25, 0.3) is 22.5 Å². The number of fused-ring (bicyclic) bond motifs is 5. The number of carbonyl (C=O) groups is 4. The Morgan fingerprint density at radius 3 is 2.25 bits per heavy atom. The Hall–Kier alpha value is -4.77. The van der Waals surface area contributed by atoms with Crippen molar-refractivity contribution in [2.45, 2.75) is 71.3 Å². The highest BCUT2D eigenvalue weighted by molar-refractivity contribution is 7.81. The number of anilines is 1. The third kappa shape index (κ3) is 8.02. The predicted octanol–water partition coefficient (Wildman–Crippen LogP) is 5.32. The summed E-state index contributed by atoms with van der Waals surface area (Å²) in [6.07, 6.45) is -0.106. The summed E-state index contributed by atoms with van der Waals surface area (Å²) in [6, 6.07) is 23.3. The van der Waals surface area contributed by atoms with Gasteiger partial charge in [-0.3, -0.25) is 19.2 Å². The molecule has 1 aliphatic rings. The van der Waals surface area contributed by atoms with E-state index in [0.29, 0.717) is 29.5 Å². The number of carbonyl (C=O) groups excluding carboxylic acids is 4. The molecule has 11 heteroatoms. The first kappa shape index (κ1) is 34.6. The van der Waals surface area contributed by atoms with Gasteiger partial charge in [-0.05, 0) is 28.7 Å². The lowest BCUT2D eigenvalue weighted by Gasteiger charge is -2.28. The molecule has 5 rings (SSSR count). The van der Waals surface area contributed by atoms with Gasteiger partial charge in [-0.2, -0.15) is 12.6 Å². The zero-order valence-electron chi connectivity index (χ0n) is 27.8. The highest BCUT2D eigenvalue weighted by Crippen LogP contribution is 2.41. The first-order valence-electron chi connectivity index (χ1n) is 16.3. The van der Waals surface area contributed by atoms with Crippen molar-refractivity contribution < 1.29 is 19.2 Å². The van der Waals surface area contributed by atoms with Crippen LogP contribution in [-0.4, -0.2) is 50.3 Å². The first-order valence-corrected chi connectivity index (χ1v) is 16.8. The van der Waals surface area contributed by atoms with Crippen LogP contribution in [0.5, 0.6) is 0 Å². The minimum Gasteiger partial charge on any atom is -0.354 e. The highest BCUT2D eigenvalue weighted by Gasteiger charge is 2.30. The molecule has 2 N–H and O–H groups in total. The molecule has 0 aliphatic carbocycles. The van der Waals surface area contributed by atoms with E-state index < -0.39 is 5.25 Å². The number of Topliss-reactive ketones (excluding diaryl/α,β-unsaturated/α-hetero) is 1. The first-order chi connectivity index (χ1) is 23.0. The number of aromatic nitrogens is 3. The number of para-hydroxylation sites is 1. The second-order valence-electron chi connectivity index (χ2n) is 12.7. The van der Waals surface area contributed by atoms with Crippen molar-refractivity contribution in [1.82, 2.24) is 25.6 Å². The van der Waals surface area contributed by atoms with E-state index in [1.54, 1.807) is 9.58 Å². The summed E-state index contributed by atoms with van der Waals surface area (Å²) >= 11 is 4.38. The lowest BCUT2D eigenvalue weighted by atomic mass is 9.95. The van der Waals surface area contributed by atoms with Gasteiger partial charge in [0.2, 0.25) is 17.7 Å². The molecule has 1 unspecified atom stereocenters. The van der Waals surface area contributed by atoms with Crippen LogP contribution in [0.1, 0.15) is 63.1 Å². The fourth-order valence-corrected chi connectivity index (χ4v) is 5.74. The number of amides is 3. The molecule has 10 nitrogen and oxygen atoms in total. The Morgan fingerprint density at radius 1 is 0.854 bits per heavy atom. The zero-order valence-corrected chi connectivity index (χ0v) is 28.7. The smallest absolute Gasteiger partial charge is 0.234 e. The van der Waals surface area contributed by atoms with Gasteiger partial charge in [-0.25, -0.2) is 4.68 Å². The number of rotatable bonds is 12. The molecule has 1 atom stereocenters. The van der Waals surface area contributed by atoms with E-state index in [2.05, 4.69) is 59.6 Å². The number of nitrogens with one attached hydrogen (secondary N) is 2. The minimum atomic E-state index is -0.743. The summed E-state index contributed by atoms with van der Waals surface area (Å²) in [5.41, 5.74) is 6.58. The van der Waals surface area contributed by atoms with Crippen LogP contribution in [0.4, 0.5) is 5.69 Å². The minimum absolute atomic E-state index is 0.0202. The number of benzene rings is 3. The molecule has 250 valence electrons. The Bertz CT molecular complexity index is 1800. The van der Waals surface area contributed by atoms with Crippen LogP contribution in [0, 0.1) is 5.92 Å². The number of nitrogens with zero attached hydrogens (tertiary/aromatic N) is 4. The predicted molar refractivity (Wildman–Crippen MR) is 189 cm³/mol. The van der Waals surface area contributed by atoms with Gasteiger partial charge in [0.25, 0.3) is 0 Å². The molecule has 1 aromatic heterocycles. The fraction of sp³-hybridized carbons (Fsp3) is 0.351. The Morgan fingerprint density at radius 2 is 1.54 bits per heavy atom. The van der Waals surface area contributed by atoms with Gasteiger partial charge < -0.3 is 15.5 Å². The van der Waals surface area contributed by atoms with Gasteiger partial charge in [0.05, 0.1) is 23.2 Å². The molecule has 4 aromatic rings. The molecule has 48 heavy (non-hydrogen) atoms. The standard InChI is InChI=1S/C37H42N6O4S/c1-23(2)26-15-13-25(14-16-26)19-39-37(47)32(48)20-38-33(45)17-18-34(46)42-21-27-9-5-6-10-28(27)35-36(29-11-7-8-12-30(29)42)43(41-40-35)22-31(44)24(3)4/h5-16,23-24,32,48H,17-22H2,1-4H3,(H,38,45)(H,39,47). The van der Waals surface area contributed by atoms with Gasteiger partial charge in [0, 0.05) is 43.0 Å². The quantitative estimate of drug-likeness (QED) is 0.176. The van der Waals surface area contributed by atoms with E-state index in [4.69, 9.17) is 0 Å². The van der Waals surface area contributed by atoms with E-state index in [1.807, 2.05) is 74.5 Å². The fourth-order valence-electron chi connectivity index (χ4n) is 5.55. The summed E-state index contributed by atoms with van der Waals surface area (Å²) in [5, 5.41) is 13.7. The lowest BCUT2D eigenvalue weighted by molar-refractivity contribution is -0.125. The maximum absolute atomic E-state index is 13.8. The third-order valence-electron chi connectivity index (χ3n) is 8.51. The van der Waals surface area contributed by atoms with Crippen molar-refractivity contribution in [3.8, 4) is 22.5 Å². The van der Waals surface area contributed by atoms with Crippen molar-refractivity contribution in [3.63, 3.8) is 0 Å². The normalized spacial score (nSPS) is 12.8. The van der Waals surface area contributed by atoms with Gasteiger partial charge >= 0.3 is 0 Å². The average molecular weight is 667 g/mol. The van der Waals surface area contributed by atoms with Crippen molar-refractivity contribution >= 4 is 41.8 Å². The van der Waals surface area contributed by atoms with E-state index in [1.165, 1.54) is 5.56 Å². The second-order valence-corrected chi connectivity index (χ2v) is 13.3. The number of hydrogen-bond donors (Lipinski definition) is 3. The van der Waals surface area contributed by atoms with Crippen LogP contribution in [0.15, 0.2) is 72.8 Å². The molecule has 0 saturated carbocycles. The molecule has 0 saturated heterocycles. The highest BCUT2D eigenvalue weighted by atomic mass is 32.1. The van der Waals surface area contributed by atoms with E-state index >= 15 is 0 Å². The zero-order chi connectivity index (χ0) is 34.4. The van der Waals surface area contributed by atoms with Crippen molar-refractivity contribution in [3.05, 3.63) is 89.5 Å². The largest absolute Gasteiger partial charge is 0.354 e. The molecular formula is C37H42N6O4S. The van der Waals surface area contributed by atoms with Crippen LogP contribution < -0.4 is 15.5 Å². The molecule has 3 amide bonds. The monoisotopic (exact) mass is 666 g/mol. The maximum atomic E-state index is 13.8. The lowest BCUT2D eigenvalue weighted by Crippen LogP contribution is -2.40. The molecule has 2 heterocycles. The average Bonchev–Trinajstić information content (AvgIpc) is 3.49. The second kappa shape index (κ2) is 15.4. The number of hydrogen-bond acceptors (Lipinski definition) is 7. The van der Waals surface area contributed by atoms with E-state index in [-0.39, 0.29) is 61.9 Å². The van der Waals surface area contributed by atoms with Gasteiger partial charge in [-0.15, -0.1) is 5.10 Å². The van der Waals surface area contributed by atoms with Gasteiger partial charge in [-0.1, -0.05) is 99.6 Å². The van der Waals surface area contributed by atoms with Crippen molar-refractivity contribution in [2.75, 3.05) is 11.4 Å². The Kier molecular flexibility index (Phi) is 11.1. The molecule has 3 aromatic carbocycles. The summed E-state index contributed by atoms with van der Waals surface area (Å²) in [7, 11) is 0. The van der Waals surface area contributed by atoms with Crippen molar-refractivity contribution in [2.24, 2.45) is 5.92 Å². The number of ketones is 1. The van der Waals surface area contributed by atoms with Gasteiger partial charge in [0.1, 0.15) is 12.2 Å². The maximum Gasteiger partial charge on any atom is 0.234 e. The summed E-state index contributed by atoms with van der Waals surface area (Å²) in [4.78, 5) is 53.7. The van der Waals surface area contributed by atoms with Gasteiger partial charge in [0.15, 0.2) is 5.78 Å². The number of thiol groups is 1. The Labute approximate surface area is 286 Å². The summed E-state index contributed by atoms with van der Waals surface area (Å²) in [5.74, 6) is -0.605. The topological polar surface area (TPSA) is 126 Å². The van der Waals surface area contributed by atoms with Crippen LogP contribution in [-0.2, 0) is 38.8 Å². The van der Waals surface area contributed by atoms with Crippen LogP contribution in [0.2, 0.25) is 0 Å². The molecule has 0 fully saturated rings. The molecule has 0 bridgehead atoms. The molecular weight excluding hydrogens is 625 g/mol. The molecule has 1 aliphatic heterocycles. The summed E-state index contributed by atoms with van der Waals surface area (Å²) < 4.78 is 1.61. The SMILES string of the molecule is CC(C)C(=O)Cn1nnc2c1-c1ccccc1N(C(=O)CCC(=O)NCC(S)C(=O)NCc1ccc(C(C)C)cc1)Cc1ccccc1-2. The summed E-state index contributed by atoms with van der Waals surface area (Å²) in [6.45, 7) is 8.67. The molecule has 0 radical (unpaired) electrons. The van der Waals surface area contributed by atoms with Crippen LogP contribution >= 0.6 is 12.6 Å². The van der Waals surface area contributed by atoms with E-state index in [0.717, 1.165) is 22.3 Å². The third-order valence-corrected chi connectivity index (χ3v) is 8.93.